The largest absolute Gasteiger partial charge is 1.00 e. The monoisotopic (exact) mass is 978 g/mol. The third kappa shape index (κ3) is 11.1. The predicted molar refractivity (Wildman–Crippen MR) is 233 cm³/mol. The summed E-state index contributed by atoms with van der Waals surface area (Å²) in [5.74, 6) is 0. The Balaban J connectivity index is 0.000000252. The van der Waals surface area contributed by atoms with Gasteiger partial charge >= 0.3 is 120 Å². The summed E-state index contributed by atoms with van der Waals surface area (Å²) in [6.07, 6.45) is 10.0. The molecule has 1 aliphatic rings. The van der Waals surface area contributed by atoms with Gasteiger partial charge < -0.3 is 24.8 Å². The van der Waals surface area contributed by atoms with Crippen molar-refractivity contribution in [1.29, 1.82) is 0 Å². The zero-order chi connectivity index (χ0) is 38.5. The van der Waals surface area contributed by atoms with E-state index in [0.717, 1.165) is 40.4 Å². The number of halogens is 4. The van der Waals surface area contributed by atoms with Crippen molar-refractivity contribution in [3.63, 3.8) is 0 Å². The van der Waals surface area contributed by atoms with Gasteiger partial charge in [0.15, 0.2) is 0 Å². The maximum atomic E-state index is 5.98. The maximum absolute atomic E-state index is 5.98. The second-order valence-electron chi connectivity index (χ2n) is 15.7. The van der Waals surface area contributed by atoms with Crippen LogP contribution >= 0.6 is 23.2 Å². The molecule has 56 heavy (non-hydrogen) atoms. The van der Waals surface area contributed by atoms with Gasteiger partial charge in [-0.05, 0) is 44.2 Å². The summed E-state index contributed by atoms with van der Waals surface area (Å²) in [6.45, 7) is 13.9. The molecule has 0 radical (unpaired) electrons. The van der Waals surface area contributed by atoms with Crippen LogP contribution in [0.4, 0.5) is 0 Å². The first-order valence-electron chi connectivity index (χ1n) is 18.4. The smallest absolute Gasteiger partial charge is 0.109 e. The van der Waals surface area contributed by atoms with Crippen molar-refractivity contribution in [1.82, 2.24) is 0 Å². The Labute approximate surface area is 370 Å². The van der Waals surface area contributed by atoms with Crippen LogP contribution in [-0.2, 0) is 34.7 Å². The van der Waals surface area contributed by atoms with Gasteiger partial charge in [-0.2, -0.15) is 6.08 Å². The molecular weight excluding hydrogens is 933 g/mol. The topological polar surface area (TPSA) is 0 Å². The molecule has 284 valence electrons. The minimum absolute atomic E-state index is 0. The van der Waals surface area contributed by atoms with Crippen LogP contribution < -0.4 is 24.8 Å². The third-order valence-corrected chi connectivity index (χ3v) is 12.1. The van der Waals surface area contributed by atoms with E-state index >= 15 is 0 Å². The van der Waals surface area contributed by atoms with Crippen LogP contribution in [0.5, 0.6) is 0 Å². The molecule has 0 saturated carbocycles. The standard InChI is InChI=1S/C33H33.C13H8Cl2.C5H5.2ClH.Hf/c1-32(2,3)30-20-26-24(18-28(30)22-13-9-7-10-14-22)17-25-19-29(23-15-11-8-12-16-23)31(21-27(25)26)33(4,5)6;14-12-5-1-3-10(8-12)7-11-4-2-6-13(15)9-11;1-2-4-5-3-1;;;/h7-21H,1-6H3;1-6,8-9H;1-3H,4H2;2*1H;/q-1;;-1;;;+2/p-2. The average Bonchev–Trinajstić information content (AvgIpc) is 3.86. The van der Waals surface area contributed by atoms with E-state index in [-0.39, 0.29) is 35.6 Å². The number of hydrogen-bond acceptors (Lipinski definition) is 0. The molecule has 0 heterocycles. The van der Waals surface area contributed by atoms with Gasteiger partial charge in [-0.1, -0.05) is 114 Å². The molecule has 0 bridgehead atoms. The van der Waals surface area contributed by atoms with E-state index in [0.29, 0.717) is 0 Å². The molecule has 1 aliphatic carbocycles. The van der Waals surface area contributed by atoms with E-state index in [1.807, 2.05) is 48.6 Å². The molecule has 0 atom stereocenters. The molecule has 0 nitrogen and oxygen atoms in total. The number of rotatable bonds is 4. The van der Waals surface area contributed by atoms with E-state index in [4.69, 9.17) is 23.2 Å². The van der Waals surface area contributed by atoms with Gasteiger partial charge in [0.05, 0.1) is 0 Å². The summed E-state index contributed by atoms with van der Waals surface area (Å²) in [4.78, 5) is 0. The second-order valence-corrected chi connectivity index (χ2v) is 18.4. The summed E-state index contributed by atoms with van der Waals surface area (Å²) in [7, 11) is 0. The average molecular weight is 979 g/mol. The van der Waals surface area contributed by atoms with Crippen LogP contribution in [0.15, 0.2) is 158 Å². The zero-order valence-electron chi connectivity index (χ0n) is 32.7. The molecule has 0 saturated heterocycles. The Morgan fingerprint density at radius 3 is 1.32 bits per heavy atom. The number of allylic oxidation sites excluding steroid dienone is 4. The van der Waals surface area contributed by atoms with Crippen molar-refractivity contribution in [2.75, 3.05) is 0 Å². The van der Waals surface area contributed by atoms with Gasteiger partial charge in [-0.25, -0.2) is 12.2 Å². The minimum Gasteiger partial charge on any atom is -1.00 e. The molecule has 0 amide bonds. The van der Waals surface area contributed by atoms with Gasteiger partial charge in [0.2, 0.25) is 0 Å². The van der Waals surface area contributed by atoms with Crippen LogP contribution in [0.1, 0.15) is 70.2 Å². The molecule has 7 aromatic rings. The van der Waals surface area contributed by atoms with Crippen LogP contribution in [0.3, 0.4) is 0 Å². The minimum atomic E-state index is 0. The summed E-state index contributed by atoms with van der Waals surface area (Å²) in [5.41, 5.74) is 10.5. The first-order chi connectivity index (χ1) is 25.8. The summed E-state index contributed by atoms with van der Waals surface area (Å²) in [5, 5.41) is 6.91. The summed E-state index contributed by atoms with van der Waals surface area (Å²) < 4.78 is 1.31. The van der Waals surface area contributed by atoms with Crippen LogP contribution in [0.25, 0.3) is 43.8 Å². The third-order valence-electron chi connectivity index (χ3n) is 9.58. The number of hydrogen-bond donors (Lipinski definition) is 0. The van der Waals surface area contributed by atoms with Gasteiger partial charge in [-0.15, -0.1) is 46.2 Å². The molecule has 0 aromatic heterocycles. The molecule has 0 unspecified atom stereocenters. The Kier molecular flexibility index (Phi) is 16.0. The Morgan fingerprint density at radius 2 is 1.00 bits per heavy atom. The fraction of sp³-hybridized carbons (Fsp3) is 0.176. The molecule has 0 N–H and O–H groups in total. The first kappa shape index (κ1) is 45.3. The number of fused-ring (bicyclic) bond motifs is 3. The van der Waals surface area contributed by atoms with Crippen molar-refractivity contribution in [2.45, 2.75) is 58.8 Å². The molecule has 0 spiro atoms. The molecular formula is C51H46Cl4Hf-2. The Hall–Kier alpha value is -3.43. The molecule has 7 aromatic carbocycles. The summed E-state index contributed by atoms with van der Waals surface area (Å²) in [6, 6.07) is 49.6. The predicted octanol–water partition coefficient (Wildman–Crippen LogP) is 9.06. The van der Waals surface area contributed by atoms with Crippen molar-refractivity contribution < 1.29 is 48.7 Å². The molecule has 5 heteroatoms. The van der Waals surface area contributed by atoms with Crippen LogP contribution in [0.2, 0.25) is 10.0 Å². The first-order valence-corrected chi connectivity index (χ1v) is 21.0. The van der Waals surface area contributed by atoms with Crippen LogP contribution in [-0.4, -0.2) is 3.26 Å². The normalized spacial score (nSPS) is 11.9. The van der Waals surface area contributed by atoms with Crippen LogP contribution in [0, 0.1) is 6.08 Å². The fourth-order valence-electron chi connectivity index (χ4n) is 6.85. The van der Waals surface area contributed by atoms with Crippen molar-refractivity contribution in [3.05, 3.63) is 196 Å². The van der Waals surface area contributed by atoms with Gasteiger partial charge in [0, 0.05) is 0 Å². The quantitative estimate of drug-likeness (QED) is 0.122. The Bertz CT molecular complexity index is 2290. The summed E-state index contributed by atoms with van der Waals surface area (Å²) >= 11 is 12.9. The van der Waals surface area contributed by atoms with E-state index in [2.05, 4.69) is 157 Å². The van der Waals surface area contributed by atoms with E-state index in [9.17, 15) is 0 Å². The fourth-order valence-corrected chi connectivity index (χ4v) is 8.35. The van der Waals surface area contributed by atoms with Crippen molar-refractivity contribution in [3.8, 4) is 22.3 Å². The molecule has 8 rings (SSSR count). The van der Waals surface area contributed by atoms with E-state index < -0.39 is 0 Å². The molecule has 0 fully saturated rings. The van der Waals surface area contributed by atoms with E-state index in [1.54, 1.807) is 0 Å². The van der Waals surface area contributed by atoms with Gasteiger partial charge in [0.25, 0.3) is 0 Å². The maximum Gasteiger partial charge on any atom is -0.109 e. The van der Waals surface area contributed by atoms with Gasteiger partial charge in [0.1, 0.15) is 0 Å². The Morgan fingerprint density at radius 1 is 0.571 bits per heavy atom. The SMILES string of the molecule is CC(C)(C)c1cc2c(cc1-c1ccccc1)[cH-]c1cc(-c3ccccc3)c(C(C)(C)C)cc12.Clc1cccc([C](=[Hf+2])c2cccc(Cl)c2)c1.[C-]1=CC=CC1.[Cl-].[Cl-]. The van der Waals surface area contributed by atoms with Crippen molar-refractivity contribution in [2.24, 2.45) is 0 Å². The molecule has 0 aliphatic heterocycles. The second kappa shape index (κ2) is 19.8. The zero-order valence-corrected chi connectivity index (χ0v) is 39.3. The van der Waals surface area contributed by atoms with Gasteiger partial charge in [-0.3, -0.25) is 6.08 Å². The van der Waals surface area contributed by atoms with E-state index in [1.165, 1.54) is 69.3 Å². The number of benzene rings is 6. The van der Waals surface area contributed by atoms with Crippen molar-refractivity contribution >= 4 is 48.0 Å².